The Balaban J connectivity index is 1.89. The minimum atomic E-state index is -3.75. The second-order valence-electron chi connectivity index (χ2n) is 5.48. The van der Waals surface area contributed by atoms with Crippen LogP contribution in [-0.2, 0) is 10.0 Å². The molecule has 25 heavy (non-hydrogen) atoms. The number of nitrogens with zero attached hydrogens (tertiary/aromatic N) is 2. The maximum atomic E-state index is 12.5. The highest BCUT2D eigenvalue weighted by molar-refractivity contribution is 7.92. The molecular formula is C18H15N3O3S. The lowest BCUT2D eigenvalue weighted by Crippen LogP contribution is -2.12. The fraction of sp³-hybridized carbons (Fsp3) is 0.111. The van der Waals surface area contributed by atoms with Gasteiger partial charge in [-0.15, -0.1) is 0 Å². The molecule has 3 rings (SSSR count). The SMILES string of the molecule is Cc1nc(-c2cccc(NS(=O)(=O)c3ccc(C#N)cc3)c2)oc1C. The molecule has 6 nitrogen and oxygen atoms in total. The van der Waals surface area contributed by atoms with Gasteiger partial charge in [0.1, 0.15) is 5.76 Å². The maximum absolute atomic E-state index is 12.5. The van der Waals surface area contributed by atoms with Crippen LogP contribution in [0, 0.1) is 25.2 Å². The number of rotatable bonds is 4. The van der Waals surface area contributed by atoms with Gasteiger partial charge in [-0.05, 0) is 56.3 Å². The molecule has 7 heteroatoms. The molecule has 0 aliphatic rings. The number of hydrogen-bond donors (Lipinski definition) is 1. The highest BCUT2D eigenvalue weighted by atomic mass is 32.2. The van der Waals surface area contributed by atoms with Crippen molar-refractivity contribution in [2.75, 3.05) is 4.72 Å². The third-order valence-electron chi connectivity index (χ3n) is 3.68. The highest BCUT2D eigenvalue weighted by Crippen LogP contribution is 2.25. The maximum Gasteiger partial charge on any atom is 0.261 e. The van der Waals surface area contributed by atoms with Crippen LogP contribution in [0.1, 0.15) is 17.0 Å². The second-order valence-corrected chi connectivity index (χ2v) is 7.17. The predicted molar refractivity (Wildman–Crippen MR) is 93.4 cm³/mol. The molecular weight excluding hydrogens is 338 g/mol. The second kappa shape index (κ2) is 6.42. The monoisotopic (exact) mass is 353 g/mol. The normalized spacial score (nSPS) is 11.1. The van der Waals surface area contributed by atoms with Crippen LogP contribution in [-0.4, -0.2) is 13.4 Å². The first-order valence-corrected chi connectivity index (χ1v) is 8.95. The Morgan fingerprint density at radius 3 is 2.44 bits per heavy atom. The van der Waals surface area contributed by atoms with E-state index < -0.39 is 10.0 Å². The standard InChI is InChI=1S/C18H15N3O3S/c1-12-13(2)24-18(20-12)15-4-3-5-16(10-15)21-25(22,23)17-8-6-14(11-19)7-9-17/h3-10,21H,1-2H3. The van der Waals surface area contributed by atoms with E-state index in [2.05, 4.69) is 9.71 Å². The summed E-state index contributed by atoms with van der Waals surface area (Å²) in [7, 11) is -3.75. The number of aryl methyl sites for hydroxylation is 2. The van der Waals surface area contributed by atoms with Crippen LogP contribution in [0.15, 0.2) is 57.8 Å². The van der Waals surface area contributed by atoms with Gasteiger partial charge in [-0.25, -0.2) is 13.4 Å². The fourth-order valence-electron chi connectivity index (χ4n) is 2.23. The van der Waals surface area contributed by atoms with Crippen molar-refractivity contribution in [1.82, 2.24) is 4.98 Å². The quantitative estimate of drug-likeness (QED) is 0.772. The minimum absolute atomic E-state index is 0.0831. The van der Waals surface area contributed by atoms with Crippen LogP contribution in [0.4, 0.5) is 5.69 Å². The van der Waals surface area contributed by atoms with Crippen LogP contribution in [0.5, 0.6) is 0 Å². The Kier molecular flexibility index (Phi) is 4.30. The molecule has 1 aromatic heterocycles. The molecule has 0 fully saturated rings. The number of sulfonamides is 1. The number of anilines is 1. The zero-order chi connectivity index (χ0) is 18.0. The zero-order valence-corrected chi connectivity index (χ0v) is 14.5. The first kappa shape index (κ1) is 16.7. The minimum Gasteiger partial charge on any atom is -0.441 e. The van der Waals surface area contributed by atoms with E-state index in [1.54, 1.807) is 24.3 Å². The van der Waals surface area contributed by atoms with Gasteiger partial charge < -0.3 is 4.42 Å². The summed E-state index contributed by atoms with van der Waals surface area (Å²) in [5.41, 5.74) is 2.26. The summed E-state index contributed by atoms with van der Waals surface area (Å²) in [6.45, 7) is 3.67. The van der Waals surface area contributed by atoms with E-state index in [0.29, 0.717) is 22.7 Å². The topological polar surface area (TPSA) is 96.0 Å². The summed E-state index contributed by atoms with van der Waals surface area (Å²) < 4.78 is 33.0. The van der Waals surface area contributed by atoms with Crippen molar-refractivity contribution in [2.24, 2.45) is 0 Å². The van der Waals surface area contributed by atoms with E-state index in [-0.39, 0.29) is 4.90 Å². The van der Waals surface area contributed by atoms with Gasteiger partial charge in [0.2, 0.25) is 5.89 Å². The van der Waals surface area contributed by atoms with Crippen molar-refractivity contribution < 1.29 is 12.8 Å². The lowest BCUT2D eigenvalue weighted by Gasteiger charge is -2.09. The van der Waals surface area contributed by atoms with E-state index in [9.17, 15) is 8.42 Å². The molecule has 1 heterocycles. The highest BCUT2D eigenvalue weighted by Gasteiger charge is 2.15. The molecule has 3 aromatic rings. The predicted octanol–water partition coefficient (Wildman–Crippen LogP) is 3.63. The molecule has 0 aliphatic carbocycles. The lowest BCUT2D eigenvalue weighted by atomic mass is 10.2. The Morgan fingerprint density at radius 1 is 1.12 bits per heavy atom. The smallest absolute Gasteiger partial charge is 0.261 e. The van der Waals surface area contributed by atoms with Gasteiger partial charge >= 0.3 is 0 Å². The first-order valence-electron chi connectivity index (χ1n) is 7.46. The van der Waals surface area contributed by atoms with Crippen molar-refractivity contribution in [3.8, 4) is 17.5 Å². The van der Waals surface area contributed by atoms with Crippen LogP contribution in [0.25, 0.3) is 11.5 Å². The molecule has 0 saturated carbocycles. The lowest BCUT2D eigenvalue weighted by molar-refractivity contribution is 0.541. The van der Waals surface area contributed by atoms with E-state index in [4.69, 9.17) is 9.68 Å². The number of oxazole rings is 1. The van der Waals surface area contributed by atoms with Gasteiger partial charge in [0.05, 0.1) is 22.2 Å². The van der Waals surface area contributed by atoms with Crippen molar-refractivity contribution >= 4 is 15.7 Å². The summed E-state index contributed by atoms with van der Waals surface area (Å²) in [4.78, 5) is 4.40. The van der Waals surface area contributed by atoms with Gasteiger partial charge in [-0.1, -0.05) is 6.07 Å². The molecule has 0 radical (unpaired) electrons. The van der Waals surface area contributed by atoms with Crippen LogP contribution in [0.3, 0.4) is 0 Å². The molecule has 0 spiro atoms. The average molecular weight is 353 g/mol. The van der Waals surface area contributed by atoms with E-state index >= 15 is 0 Å². The van der Waals surface area contributed by atoms with E-state index in [1.807, 2.05) is 19.9 Å². The molecule has 0 aliphatic heterocycles. The molecule has 0 bridgehead atoms. The Labute approximate surface area is 145 Å². The number of benzene rings is 2. The van der Waals surface area contributed by atoms with Gasteiger partial charge in [0.15, 0.2) is 0 Å². The van der Waals surface area contributed by atoms with Gasteiger partial charge in [-0.3, -0.25) is 4.72 Å². The fourth-order valence-corrected chi connectivity index (χ4v) is 3.28. The summed E-state index contributed by atoms with van der Waals surface area (Å²) >= 11 is 0. The molecule has 1 N–H and O–H groups in total. The van der Waals surface area contributed by atoms with E-state index in [1.165, 1.54) is 24.3 Å². The Hall–Kier alpha value is -3.11. The number of nitrogens with one attached hydrogen (secondary N) is 1. The van der Waals surface area contributed by atoms with Crippen LogP contribution < -0.4 is 4.72 Å². The number of hydrogen-bond acceptors (Lipinski definition) is 5. The third kappa shape index (κ3) is 3.54. The molecule has 0 unspecified atom stereocenters. The summed E-state index contributed by atoms with van der Waals surface area (Å²) in [6.07, 6.45) is 0. The third-order valence-corrected chi connectivity index (χ3v) is 5.08. The van der Waals surface area contributed by atoms with Crippen LogP contribution in [0.2, 0.25) is 0 Å². The summed E-state index contributed by atoms with van der Waals surface area (Å²) in [5.74, 6) is 1.16. The Morgan fingerprint density at radius 2 is 1.84 bits per heavy atom. The largest absolute Gasteiger partial charge is 0.441 e. The molecule has 0 atom stereocenters. The summed E-state index contributed by atoms with van der Waals surface area (Å²) in [6, 6.07) is 14.5. The van der Waals surface area contributed by atoms with Gasteiger partial charge in [-0.2, -0.15) is 5.26 Å². The zero-order valence-electron chi connectivity index (χ0n) is 13.6. The number of aromatic nitrogens is 1. The number of nitriles is 1. The van der Waals surface area contributed by atoms with Gasteiger partial charge in [0.25, 0.3) is 10.0 Å². The molecule has 0 amide bonds. The van der Waals surface area contributed by atoms with Crippen LogP contribution >= 0.6 is 0 Å². The molecule has 126 valence electrons. The summed E-state index contributed by atoms with van der Waals surface area (Å²) in [5, 5.41) is 8.80. The van der Waals surface area contributed by atoms with Gasteiger partial charge in [0, 0.05) is 11.3 Å². The first-order chi connectivity index (χ1) is 11.9. The van der Waals surface area contributed by atoms with Crippen molar-refractivity contribution in [2.45, 2.75) is 18.7 Å². The van der Waals surface area contributed by atoms with Crippen molar-refractivity contribution in [1.29, 1.82) is 5.26 Å². The molecule has 2 aromatic carbocycles. The van der Waals surface area contributed by atoms with Crippen molar-refractivity contribution in [3.05, 3.63) is 65.5 Å². The van der Waals surface area contributed by atoms with Crippen molar-refractivity contribution in [3.63, 3.8) is 0 Å². The Bertz CT molecular complexity index is 1040. The van der Waals surface area contributed by atoms with E-state index in [0.717, 1.165) is 11.5 Å². The molecule has 0 saturated heterocycles. The average Bonchev–Trinajstić information content (AvgIpc) is 2.94.